The van der Waals surface area contributed by atoms with Crippen LogP contribution in [0.4, 0.5) is 0 Å². The van der Waals surface area contributed by atoms with E-state index in [4.69, 9.17) is 4.74 Å². The summed E-state index contributed by atoms with van der Waals surface area (Å²) in [5.74, 6) is -2.81. The molecule has 0 saturated carbocycles. The lowest BCUT2D eigenvalue weighted by atomic mass is 10.1. The smallest absolute Gasteiger partial charge is 0.330 e. The van der Waals surface area contributed by atoms with Crippen LogP contribution in [0.1, 0.15) is 20.7 Å². The van der Waals surface area contributed by atoms with Crippen molar-refractivity contribution in [2.24, 2.45) is 0 Å². The first-order valence-corrected chi connectivity index (χ1v) is 9.78. The molecule has 150 valence electrons. The normalized spacial score (nSPS) is 13.8. The van der Waals surface area contributed by atoms with Crippen molar-refractivity contribution in [2.45, 2.75) is 6.04 Å². The summed E-state index contributed by atoms with van der Waals surface area (Å²) in [6.45, 7) is -0.778. The average molecular weight is 407 g/mol. The molecule has 28 heavy (non-hydrogen) atoms. The Hall–Kier alpha value is -2.88. The van der Waals surface area contributed by atoms with Crippen molar-refractivity contribution in [3.05, 3.63) is 35.4 Å². The SMILES string of the molecule is CNC(=O)CN(C)C(=O)COC(=O)[C@H](CSC)N1C(=O)c2ccccc2C1=O. The third kappa shape index (κ3) is 4.50. The van der Waals surface area contributed by atoms with Crippen LogP contribution in [-0.2, 0) is 19.1 Å². The maximum absolute atomic E-state index is 12.6. The van der Waals surface area contributed by atoms with E-state index in [1.807, 2.05) is 0 Å². The molecule has 0 aliphatic carbocycles. The Morgan fingerprint density at radius 3 is 2.25 bits per heavy atom. The zero-order valence-corrected chi connectivity index (χ0v) is 16.6. The fourth-order valence-electron chi connectivity index (χ4n) is 2.62. The fraction of sp³-hybridized carbons (Fsp3) is 0.389. The molecule has 9 nitrogen and oxygen atoms in total. The molecule has 10 heteroatoms. The number of carbonyl (C=O) groups is 5. The molecular weight excluding hydrogens is 386 g/mol. The molecule has 0 spiro atoms. The number of rotatable bonds is 8. The maximum Gasteiger partial charge on any atom is 0.330 e. The standard InChI is InChI=1S/C18H21N3O6S/c1-19-14(22)8-20(2)15(23)9-27-18(26)13(10-28-3)21-16(24)11-6-4-5-7-12(11)17(21)25/h4-7,13H,8-10H2,1-3H3,(H,19,22)/t13-/m0/s1. The molecule has 1 aromatic carbocycles. The lowest BCUT2D eigenvalue weighted by Gasteiger charge is -2.24. The van der Waals surface area contributed by atoms with Gasteiger partial charge < -0.3 is 15.0 Å². The Kier molecular flexibility index (Phi) is 7.16. The highest BCUT2D eigenvalue weighted by molar-refractivity contribution is 7.98. The second-order valence-corrected chi connectivity index (χ2v) is 6.94. The van der Waals surface area contributed by atoms with Crippen molar-refractivity contribution in [2.75, 3.05) is 39.3 Å². The van der Waals surface area contributed by atoms with Gasteiger partial charge >= 0.3 is 5.97 Å². The number of benzene rings is 1. The number of thioether (sulfide) groups is 1. The summed E-state index contributed by atoms with van der Waals surface area (Å²) in [6.07, 6.45) is 1.72. The van der Waals surface area contributed by atoms with E-state index in [1.54, 1.807) is 18.4 Å². The number of hydrogen-bond acceptors (Lipinski definition) is 7. The highest BCUT2D eigenvalue weighted by Gasteiger charge is 2.43. The number of ether oxygens (including phenoxy) is 1. The molecule has 2 rings (SSSR count). The lowest BCUT2D eigenvalue weighted by molar-refractivity contribution is -0.154. The summed E-state index contributed by atoms with van der Waals surface area (Å²) >= 11 is 1.26. The first-order chi connectivity index (χ1) is 13.3. The highest BCUT2D eigenvalue weighted by Crippen LogP contribution is 2.26. The van der Waals surface area contributed by atoms with E-state index >= 15 is 0 Å². The van der Waals surface area contributed by atoms with Crippen molar-refractivity contribution >= 4 is 41.4 Å². The summed E-state index contributed by atoms with van der Waals surface area (Å²) in [7, 11) is 2.84. The zero-order chi connectivity index (χ0) is 20.8. The van der Waals surface area contributed by atoms with E-state index in [9.17, 15) is 24.0 Å². The van der Waals surface area contributed by atoms with Gasteiger partial charge in [-0.2, -0.15) is 11.8 Å². The van der Waals surface area contributed by atoms with Gasteiger partial charge in [-0.05, 0) is 18.4 Å². The van der Waals surface area contributed by atoms with E-state index < -0.39 is 36.3 Å². The van der Waals surface area contributed by atoms with Crippen LogP contribution in [0.15, 0.2) is 24.3 Å². The number of imide groups is 1. The quantitative estimate of drug-likeness (QED) is 0.467. The molecule has 0 aromatic heterocycles. The molecule has 0 bridgehead atoms. The van der Waals surface area contributed by atoms with Crippen molar-refractivity contribution in [3.63, 3.8) is 0 Å². The topological polar surface area (TPSA) is 113 Å². The Morgan fingerprint density at radius 1 is 1.18 bits per heavy atom. The maximum atomic E-state index is 12.6. The number of hydrogen-bond donors (Lipinski definition) is 1. The van der Waals surface area contributed by atoms with Gasteiger partial charge in [0.25, 0.3) is 17.7 Å². The number of nitrogens with one attached hydrogen (secondary N) is 1. The largest absolute Gasteiger partial charge is 0.454 e. The monoisotopic (exact) mass is 407 g/mol. The summed E-state index contributed by atoms with van der Waals surface area (Å²) in [5, 5.41) is 2.38. The van der Waals surface area contributed by atoms with Crippen LogP contribution in [0.25, 0.3) is 0 Å². The predicted octanol–water partition coefficient (Wildman–Crippen LogP) is -0.238. The van der Waals surface area contributed by atoms with Crippen LogP contribution in [-0.4, -0.2) is 84.7 Å². The van der Waals surface area contributed by atoms with E-state index in [2.05, 4.69) is 5.32 Å². The zero-order valence-electron chi connectivity index (χ0n) is 15.8. The Morgan fingerprint density at radius 2 is 1.75 bits per heavy atom. The number of likely N-dealkylation sites (N-methyl/N-ethyl adjacent to an activating group) is 2. The second kappa shape index (κ2) is 9.36. The Labute approximate surface area is 166 Å². The number of amides is 4. The molecule has 1 aromatic rings. The molecule has 0 unspecified atom stereocenters. The molecule has 1 aliphatic heterocycles. The summed E-state index contributed by atoms with van der Waals surface area (Å²) in [4.78, 5) is 63.1. The molecule has 0 radical (unpaired) electrons. The number of nitrogens with zero attached hydrogens (tertiary/aromatic N) is 2. The van der Waals surface area contributed by atoms with Gasteiger partial charge in [-0.3, -0.25) is 24.1 Å². The van der Waals surface area contributed by atoms with Crippen molar-refractivity contribution in [1.29, 1.82) is 0 Å². The Bertz CT molecular complexity index is 777. The van der Waals surface area contributed by atoms with Crippen molar-refractivity contribution in [1.82, 2.24) is 15.1 Å². The molecule has 4 amide bonds. The summed E-state index contributed by atoms with van der Waals surface area (Å²) in [6, 6.07) is 5.16. The summed E-state index contributed by atoms with van der Waals surface area (Å²) in [5.41, 5.74) is 0.459. The van der Waals surface area contributed by atoms with Crippen LogP contribution in [0.5, 0.6) is 0 Å². The number of fused-ring (bicyclic) bond motifs is 1. The lowest BCUT2D eigenvalue weighted by Crippen LogP contribution is -2.48. The van der Waals surface area contributed by atoms with Gasteiger partial charge in [0.1, 0.15) is 6.04 Å². The van der Waals surface area contributed by atoms with Gasteiger partial charge in [-0.15, -0.1) is 0 Å². The first kappa shape index (κ1) is 21.4. The van der Waals surface area contributed by atoms with Crippen LogP contribution in [0.2, 0.25) is 0 Å². The van der Waals surface area contributed by atoms with E-state index in [-0.39, 0.29) is 29.3 Å². The minimum Gasteiger partial charge on any atom is -0.454 e. The molecule has 1 aliphatic rings. The van der Waals surface area contributed by atoms with E-state index in [1.165, 1.54) is 38.0 Å². The molecule has 1 heterocycles. The van der Waals surface area contributed by atoms with Crippen molar-refractivity contribution < 1.29 is 28.7 Å². The van der Waals surface area contributed by atoms with Gasteiger partial charge in [-0.1, -0.05) is 12.1 Å². The minimum atomic E-state index is -1.15. The predicted molar refractivity (Wildman–Crippen MR) is 102 cm³/mol. The summed E-state index contributed by atoms with van der Waals surface area (Å²) < 4.78 is 5.04. The molecule has 1 N–H and O–H groups in total. The molecule has 0 fully saturated rings. The second-order valence-electron chi connectivity index (χ2n) is 6.03. The highest BCUT2D eigenvalue weighted by atomic mass is 32.2. The van der Waals surface area contributed by atoms with Crippen molar-refractivity contribution in [3.8, 4) is 0 Å². The van der Waals surface area contributed by atoms with Crippen LogP contribution < -0.4 is 5.32 Å². The Balaban J connectivity index is 2.07. The molecular formula is C18H21N3O6S. The van der Waals surface area contributed by atoms with Crippen LogP contribution >= 0.6 is 11.8 Å². The van der Waals surface area contributed by atoms with Crippen LogP contribution in [0.3, 0.4) is 0 Å². The number of carbonyl (C=O) groups excluding carboxylic acids is 5. The number of esters is 1. The molecule has 1 atom stereocenters. The van der Waals surface area contributed by atoms with Gasteiger partial charge in [0.05, 0.1) is 17.7 Å². The minimum absolute atomic E-state index is 0.132. The van der Waals surface area contributed by atoms with Gasteiger partial charge in [0.2, 0.25) is 5.91 Å². The van der Waals surface area contributed by atoms with Gasteiger partial charge in [-0.25, -0.2) is 4.79 Å². The first-order valence-electron chi connectivity index (χ1n) is 8.38. The average Bonchev–Trinajstić information content (AvgIpc) is 2.94. The van der Waals surface area contributed by atoms with Gasteiger partial charge in [0.15, 0.2) is 6.61 Å². The molecule has 0 saturated heterocycles. The van der Waals surface area contributed by atoms with E-state index in [0.717, 1.165) is 9.80 Å². The van der Waals surface area contributed by atoms with Gasteiger partial charge in [0, 0.05) is 19.8 Å². The van der Waals surface area contributed by atoms with E-state index in [0.29, 0.717) is 0 Å². The fourth-order valence-corrected chi connectivity index (χ4v) is 3.22. The van der Waals surface area contributed by atoms with Crippen LogP contribution in [0, 0.1) is 0 Å². The third-order valence-corrected chi connectivity index (χ3v) is 4.81. The third-order valence-electron chi connectivity index (χ3n) is 4.16.